The Morgan fingerprint density at radius 2 is 2.31 bits per heavy atom. The van der Waals surface area contributed by atoms with Gasteiger partial charge in [-0.25, -0.2) is 4.98 Å². The molecule has 1 unspecified atom stereocenters. The van der Waals surface area contributed by atoms with Gasteiger partial charge in [-0.3, -0.25) is 14.3 Å². The average molecular weight is 360 g/mol. The Morgan fingerprint density at radius 1 is 1.42 bits per heavy atom. The molecule has 0 aliphatic carbocycles. The summed E-state index contributed by atoms with van der Waals surface area (Å²) in [7, 11) is 0. The van der Waals surface area contributed by atoms with E-state index in [-0.39, 0.29) is 23.0 Å². The highest BCUT2D eigenvalue weighted by Gasteiger charge is 2.14. The second-order valence-electron chi connectivity index (χ2n) is 6.43. The highest BCUT2D eigenvalue weighted by Crippen LogP contribution is 2.10. The Hall–Kier alpha value is -2.75. The van der Waals surface area contributed by atoms with E-state index in [0.717, 1.165) is 19.5 Å². The number of carbonyl (C=O) groups is 1. The third-order valence-corrected chi connectivity index (χ3v) is 4.35. The molecule has 2 aromatic heterocycles. The predicted molar refractivity (Wildman–Crippen MR) is 95.6 cm³/mol. The lowest BCUT2D eigenvalue weighted by atomic mass is 10.0. The van der Waals surface area contributed by atoms with Crippen molar-refractivity contribution in [3.05, 3.63) is 34.1 Å². The largest absolute Gasteiger partial charge is 0.383 e. The van der Waals surface area contributed by atoms with E-state index in [0.29, 0.717) is 24.8 Å². The molecule has 1 atom stereocenters. The first-order valence-corrected chi connectivity index (χ1v) is 8.87. The van der Waals surface area contributed by atoms with E-state index < -0.39 is 0 Å². The molecule has 3 rings (SSSR count). The van der Waals surface area contributed by atoms with Crippen LogP contribution < -0.4 is 21.9 Å². The lowest BCUT2D eigenvalue weighted by molar-refractivity contribution is 0.0949. The van der Waals surface area contributed by atoms with Gasteiger partial charge in [-0.2, -0.15) is 0 Å². The minimum atomic E-state index is -0.311. The molecule has 1 saturated heterocycles. The van der Waals surface area contributed by atoms with Gasteiger partial charge in [-0.15, -0.1) is 5.10 Å². The molecule has 0 bridgehead atoms. The molecular weight excluding hydrogens is 336 g/mol. The third kappa shape index (κ3) is 5.12. The number of nitrogens with one attached hydrogen (secondary N) is 3. The van der Waals surface area contributed by atoms with Gasteiger partial charge in [0.25, 0.3) is 11.5 Å². The van der Waals surface area contributed by atoms with Gasteiger partial charge in [0.1, 0.15) is 11.6 Å². The molecule has 1 aliphatic rings. The summed E-state index contributed by atoms with van der Waals surface area (Å²) in [5.74, 6) is 0.280. The summed E-state index contributed by atoms with van der Waals surface area (Å²) in [4.78, 5) is 30.0. The van der Waals surface area contributed by atoms with Crippen molar-refractivity contribution in [2.45, 2.75) is 44.7 Å². The first kappa shape index (κ1) is 18.1. The van der Waals surface area contributed by atoms with E-state index >= 15 is 0 Å². The van der Waals surface area contributed by atoms with Crippen molar-refractivity contribution in [3.63, 3.8) is 0 Å². The van der Waals surface area contributed by atoms with Gasteiger partial charge in [-0.05, 0) is 25.8 Å². The van der Waals surface area contributed by atoms with Crippen molar-refractivity contribution in [2.24, 2.45) is 0 Å². The molecule has 1 amide bonds. The number of nitrogen functional groups attached to an aromatic ring is 1. The summed E-state index contributed by atoms with van der Waals surface area (Å²) in [5.41, 5.74) is 5.49. The zero-order valence-electron chi connectivity index (χ0n) is 14.6. The first-order valence-electron chi connectivity index (χ1n) is 8.87. The van der Waals surface area contributed by atoms with Crippen molar-refractivity contribution in [1.82, 2.24) is 35.6 Å². The monoisotopic (exact) mass is 360 g/mol. The number of rotatable bonds is 7. The fourth-order valence-electron chi connectivity index (χ4n) is 3.00. The lowest BCUT2D eigenvalue weighted by Crippen LogP contribution is -2.34. The number of hydrogen-bond acceptors (Lipinski definition) is 7. The van der Waals surface area contributed by atoms with E-state index in [2.05, 4.69) is 30.9 Å². The SMILES string of the molecule is Nc1cc(=O)[nH]c(CCNC(=O)c2cn(CCC3CCCCN3)nn2)n1. The smallest absolute Gasteiger partial charge is 0.273 e. The number of carbonyl (C=O) groups excluding carboxylic acids is 1. The number of nitrogens with zero attached hydrogens (tertiary/aromatic N) is 4. The summed E-state index contributed by atoms with van der Waals surface area (Å²) >= 11 is 0. The Bertz CT molecular complexity index is 794. The second kappa shape index (κ2) is 8.56. The minimum Gasteiger partial charge on any atom is -0.383 e. The van der Waals surface area contributed by atoms with Gasteiger partial charge in [0.2, 0.25) is 0 Å². The van der Waals surface area contributed by atoms with E-state index in [4.69, 9.17) is 5.73 Å². The molecule has 0 spiro atoms. The van der Waals surface area contributed by atoms with Crippen LogP contribution in [0.25, 0.3) is 0 Å². The van der Waals surface area contributed by atoms with Crippen molar-refractivity contribution in [1.29, 1.82) is 0 Å². The summed E-state index contributed by atoms with van der Waals surface area (Å²) in [6.45, 7) is 2.11. The number of piperidine rings is 1. The van der Waals surface area contributed by atoms with Crippen LogP contribution in [0.3, 0.4) is 0 Å². The Balaban J connectivity index is 1.44. The number of aromatic amines is 1. The zero-order valence-corrected chi connectivity index (χ0v) is 14.6. The molecule has 0 saturated carbocycles. The maximum Gasteiger partial charge on any atom is 0.273 e. The number of hydrogen-bond donors (Lipinski definition) is 4. The standard InChI is InChI=1S/C16H24N8O2/c17-13-9-15(25)21-14(20-13)4-7-19-16(26)12-10-24(23-22-12)8-5-11-3-1-2-6-18-11/h9-11,18H,1-8H2,(H,19,26)(H3,17,20,21,25). The molecular formula is C16H24N8O2. The van der Waals surface area contributed by atoms with Crippen LogP contribution in [0.5, 0.6) is 0 Å². The number of amides is 1. The van der Waals surface area contributed by atoms with Crippen LogP contribution in [0.4, 0.5) is 5.82 Å². The normalized spacial score (nSPS) is 17.2. The summed E-state index contributed by atoms with van der Waals surface area (Å²) in [6, 6.07) is 1.72. The maximum absolute atomic E-state index is 12.1. The Labute approximate surface area is 150 Å². The summed E-state index contributed by atoms with van der Waals surface area (Å²) in [6.07, 6.45) is 6.67. The molecule has 1 fully saturated rings. The molecule has 3 heterocycles. The molecule has 2 aromatic rings. The topological polar surface area (TPSA) is 144 Å². The quantitative estimate of drug-likeness (QED) is 0.518. The third-order valence-electron chi connectivity index (χ3n) is 4.35. The lowest BCUT2D eigenvalue weighted by Gasteiger charge is -2.23. The fourth-order valence-corrected chi connectivity index (χ4v) is 3.00. The molecule has 0 radical (unpaired) electrons. The predicted octanol–water partition coefficient (Wildman–Crippen LogP) is -0.552. The Kier molecular flexibility index (Phi) is 5.95. The van der Waals surface area contributed by atoms with Crippen LogP contribution >= 0.6 is 0 Å². The fraction of sp³-hybridized carbons (Fsp3) is 0.562. The van der Waals surface area contributed by atoms with E-state index in [1.165, 1.54) is 25.3 Å². The van der Waals surface area contributed by atoms with Gasteiger partial charge in [-0.1, -0.05) is 11.6 Å². The van der Waals surface area contributed by atoms with E-state index in [1.54, 1.807) is 10.9 Å². The van der Waals surface area contributed by atoms with Crippen LogP contribution in [0.1, 0.15) is 42.0 Å². The number of anilines is 1. The van der Waals surface area contributed by atoms with Crippen LogP contribution in [-0.2, 0) is 13.0 Å². The molecule has 10 heteroatoms. The van der Waals surface area contributed by atoms with Crippen molar-refractivity contribution < 1.29 is 4.79 Å². The second-order valence-corrected chi connectivity index (χ2v) is 6.43. The van der Waals surface area contributed by atoms with Crippen LogP contribution in [0.2, 0.25) is 0 Å². The van der Waals surface area contributed by atoms with Crippen molar-refractivity contribution in [2.75, 3.05) is 18.8 Å². The van der Waals surface area contributed by atoms with Crippen LogP contribution in [0, 0.1) is 0 Å². The van der Waals surface area contributed by atoms with Gasteiger partial charge in [0.05, 0.1) is 6.20 Å². The minimum absolute atomic E-state index is 0.158. The number of aromatic nitrogens is 5. The van der Waals surface area contributed by atoms with Crippen LogP contribution in [0.15, 0.2) is 17.1 Å². The highest BCUT2D eigenvalue weighted by atomic mass is 16.2. The van der Waals surface area contributed by atoms with E-state index in [9.17, 15) is 9.59 Å². The average Bonchev–Trinajstić information content (AvgIpc) is 3.09. The first-order chi connectivity index (χ1) is 12.6. The van der Waals surface area contributed by atoms with E-state index in [1.807, 2.05) is 0 Å². The van der Waals surface area contributed by atoms with Crippen molar-refractivity contribution >= 4 is 11.7 Å². The molecule has 1 aliphatic heterocycles. The number of nitrogens with two attached hydrogens (primary N) is 1. The molecule has 0 aromatic carbocycles. The zero-order chi connectivity index (χ0) is 18.4. The number of aryl methyl sites for hydroxylation is 1. The molecule has 140 valence electrons. The maximum atomic E-state index is 12.1. The van der Waals surface area contributed by atoms with Gasteiger partial charge < -0.3 is 21.4 Å². The molecule has 10 nitrogen and oxygen atoms in total. The van der Waals surface area contributed by atoms with Gasteiger partial charge in [0, 0.05) is 31.6 Å². The van der Waals surface area contributed by atoms with Crippen molar-refractivity contribution in [3.8, 4) is 0 Å². The van der Waals surface area contributed by atoms with Gasteiger partial charge >= 0.3 is 0 Å². The number of H-pyrrole nitrogens is 1. The molecule has 26 heavy (non-hydrogen) atoms. The summed E-state index contributed by atoms with van der Waals surface area (Å²) in [5, 5.41) is 14.2. The Morgan fingerprint density at radius 3 is 3.08 bits per heavy atom. The highest BCUT2D eigenvalue weighted by molar-refractivity contribution is 5.91. The van der Waals surface area contributed by atoms with Gasteiger partial charge in [0.15, 0.2) is 5.69 Å². The van der Waals surface area contributed by atoms with Crippen LogP contribution in [-0.4, -0.2) is 50.0 Å². The summed E-state index contributed by atoms with van der Waals surface area (Å²) < 4.78 is 1.70. The molecule has 5 N–H and O–H groups in total.